The van der Waals surface area contributed by atoms with Gasteiger partial charge in [0, 0.05) is 5.39 Å². The molecule has 1 saturated heterocycles. The number of H-pyrrole nitrogens is 1. The predicted octanol–water partition coefficient (Wildman–Crippen LogP) is 2.94. The topological polar surface area (TPSA) is 78.1 Å². The highest BCUT2D eigenvalue weighted by Crippen LogP contribution is 2.48. The van der Waals surface area contributed by atoms with Crippen molar-refractivity contribution in [3.8, 4) is 0 Å². The number of amides is 3. The number of nitrogens with zero attached hydrogens (tertiary/aromatic N) is 2. The molecule has 1 aliphatic carbocycles. The molecule has 1 saturated carbocycles. The van der Waals surface area contributed by atoms with E-state index in [1.807, 2.05) is 42.5 Å². The minimum Gasteiger partial charge on any atom is -0.323 e. The molecule has 6 nitrogen and oxygen atoms in total. The van der Waals surface area contributed by atoms with Crippen LogP contribution in [0.2, 0.25) is 0 Å². The first kappa shape index (κ1) is 14.2. The summed E-state index contributed by atoms with van der Waals surface area (Å²) in [6.07, 6.45) is 1.25. The van der Waals surface area contributed by atoms with E-state index in [0.29, 0.717) is 24.6 Å². The molecule has 0 unspecified atom stereocenters. The number of anilines is 1. The lowest BCUT2D eigenvalue weighted by Crippen LogP contribution is -2.56. The second-order valence-corrected chi connectivity index (χ2v) is 6.76. The third kappa shape index (κ3) is 1.94. The molecule has 124 valence electrons. The molecule has 2 aromatic carbocycles. The van der Waals surface area contributed by atoms with Crippen molar-refractivity contribution in [2.75, 3.05) is 4.90 Å². The predicted molar refractivity (Wildman–Crippen MR) is 93.3 cm³/mol. The highest BCUT2D eigenvalue weighted by molar-refractivity contribution is 6.25. The van der Waals surface area contributed by atoms with Crippen molar-refractivity contribution in [2.24, 2.45) is 0 Å². The molecule has 0 atom stereocenters. The van der Waals surface area contributed by atoms with E-state index < -0.39 is 11.6 Å². The number of carbonyl (C=O) groups is 2. The maximum atomic E-state index is 13.0. The first-order valence-electron chi connectivity index (χ1n) is 8.33. The van der Waals surface area contributed by atoms with Crippen molar-refractivity contribution in [2.45, 2.75) is 24.3 Å². The first-order valence-corrected chi connectivity index (χ1v) is 8.33. The average molecular weight is 332 g/mol. The van der Waals surface area contributed by atoms with E-state index in [1.54, 1.807) is 0 Å². The van der Waals surface area contributed by atoms with Gasteiger partial charge in [-0.3, -0.25) is 9.89 Å². The summed E-state index contributed by atoms with van der Waals surface area (Å²) in [6, 6.07) is 17.2. The van der Waals surface area contributed by atoms with E-state index in [4.69, 9.17) is 0 Å². The van der Waals surface area contributed by atoms with Crippen LogP contribution in [-0.4, -0.2) is 27.7 Å². The van der Waals surface area contributed by atoms with Crippen LogP contribution in [-0.2, 0) is 4.79 Å². The Labute approximate surface area is 143 Å². The van der Waals surface area contributed by atoms with Gasteiger partial charge in [0.15, 0.2) is 5.82 Å². The van der Waals surface area contributed by atoms with Crippen LogP contribution < -0.4 is 10.2 Å². The van der Waals surface area contributed by atoms with E-state index in [9.17, 15) is 9.59 Å². The van der Waals surface area contributed by atoms with Crippen molar-refractivity contribution < 1.29 is 9.59 Å². The Kier molecular flexibility index (Phi) is 2.80. The molecular formula is C19H16N4O2. The number of aromatic nitrogens is 2. The van der Waals surface area contributed by atoms with Gasteiger partial charge in [-0.05, 0) is 36.5 Å². The molecule has 2 fully saturated rings. The van der Waals surface area contributed by atoms with Crippen LogP contribution >= 0.6 is 0 Å². The Morgan fingerprint density at radius 3 is 2.52 bits per heavy atom. The Bertz CT molecular complexity index is 989. The number of imide groups is 1. The van der Waals surface area contributed by atoms with Gasteiger partial charge in [0.1, 0.15) is 5.54 Å². The molecule has 0 radical (unpaired) electrons. The highest BCUT2D eigenvalue weighted by atomic mass is 16.2. The summed E-state index contributed by atoms with van der Waals surface area (Å²) < 4.78 is 0. The zero-order valence-electron chi connectivity index (χ0n) is 13.4. The molecule has 2 aliphatic rings. The van der Waals surface area contributed by atoms with Crippen LogP contribution in [0, 0.1) is 0 Å². The van der Waals surface area contributed by atoms with Crippen LogP contribution in [0.3, 0.4) is 0 Å². The van der Waals surface area contributed by atoms with Gasteiger partial charge >= 0.3 is 6.03 Å². The standard InChI is InChI=1S/C19H16N4O2/c24-17-19(10-13(11-19)12-6-2-1-3-7-12)20-18(25)23(17)16-14-8-4-5-9-15(14)21-22-16/h1-9,13H,10-11H2,(H,20,25)(H,21,22). The number of aromatic amines is 1. The number of carbonyl (C=O) groups excluding carboxylic acids is 2. The number of rotatable bonds is 2. The zero-order valence-corrected chi connectivity index (χ0v) is 13.4. The van der Waals surface area contributed by atoms with Gasteiger partial charge in [0.25, 0.3) is 5.91 Å². The number of hydrogen-bond acceptors (Lipinski definition) is 3. The van der Waals surface area contributed by atoms with E-state index in [1.165, 1.54) is 10.5 Å². The van der Waals surface area contributed by atoms with Gasteiger partial charge in [-0.2, -0.15) is 5.10 Å². The number of fused-ring (bicyclic) bond motifs is 1. The molecule has 5 rings (SSSR count). The zero-order chi connectivity index (χ0) is 17.0. The monoisotopic (exact) mass is 332 g/mol. The lowest BCUT2D eigenvalue weighted by atomic mass is 9.65. The third-order valence-electron chi connectivity index (χ3n) is 5.28. The summed E-state index contributed by atoms with van der Waals surface area (Å²) in [5.74, 6) is 0.460. The smallest absolute Gasteiger partial charge is 0.323 e. The fourth-order valence-electron chi connectivity index (χ4n) is 3.95. The molecule has 25 heavy (non-hydrogen) atoms. The summed E-state index contributed by atoms with van der Waals surface area (Å²) in [6.45, 7) is 0. The fraction of sp³-hybridized carbons (Fsp3) is 0.211. The largest absolute Gasteiger partial charge is 0.331 e. The summed E-state index contributed by atoms with van der Waals surface area (Å²) in [5.41, 5.74) is 1.21. The van der Waals surface area contributed by atoms with Crippen LogP contribution in [0.1, 0.15) is 24.3 Å². The van der Waals surface area contributed by atoms with Gasteiger partial charge in [0.05, 0.1) is 5.52 Å². The lowest BCUT2D eigenvalue weighted by molar-refractivity contribution is -0.125. The Balaban J connectivity index is 1.45. The number of nitrogens with one attached hydrogen (secondary N) is 2. The van der Waals surface area contributed by atoms with Crippen molar-refractivity contribution in [3.63, 3.8) is 0 Å². The SMILES string of the molecule is O=C1NC2(CC(c3ccccc3)C2)C(=O)N1c1n[nH]c2ccccc12. The summed E-state index contributed by atoms with van der Waals surface area (Å²) in [5, 5.41) is 10.7. The Morgan fingerprint density at radius 2 is 1.72 bits per heavy atom. The van der Waals surface area contributed by atoms with Crippen LogP contribution in [0.4, 0.5) is 10.6 Å². The van der Waals surface area contributed by atoms with Crippen LogP contribution in [0.25, 0.3) is 10.9 Å². The molecule has 1 spiro atoms. The van der Waals surface area contributed by atoms with Gasteiger partial charge in [-0.15, -0.1) is 0 Å². The quantitative estimate of drug-likeness (QED) is 0.708. The second-order valence-electron chi connectivity index (χ2n) is 6.76. The summed E-state index contributed by atoms with van der Waals surface area (Å²) in [4.78, 5) is 26.7. The van der Waals surface area contributed by atoms with Crippen LogP contribution in [0.5, 0.6) is 0 Å². The van der Waals surface area contributed by atoms with Gasteiger partial charge < -0.3 is 5.32 Å². The molecule has 1 aromatic heterocycles. The molecule has 3 aromatic rings. The van der Waals surface area contributed by atoms with Crippen molar-refractivity contribution in [1.82, 2.24) is 15.5 Å². The van der Waals surface area contributed by atoms with E-state index in [0.717, 1.165) is 10.9 Å². The molecule has 1 aliphatic heterocycles. The maximum absolute atomic E-state index is 13.0. The van der Waals surface area contributed by atoms with E-state index in [-0.39, 0.29) is 5.91 Å². The summed E-state index contributed by atoms with van der Waals surface area (Å²) in [7, 11) is 0. The Morgan fingerprint density at radius 1 is 1.00 bits per heavy atom. The highest BCUT2D eigenvalue weighted by Gasteiger charge is 2.59. The van der Waals surface area contributed by atoms with Crippen molar-refractivity contribution in [3.05, 3.63) is 60.2 Å². The summed E-state index contributed by atoms with van der Waals surface area (Å²) >= 11 is 0. The molecule has 6 heteroatoms. The van der Waals surface area contributed by atoms with E-state index in [2.05, 4.69) is 27.6 Å². The van der Waals surface area contributed by atoms with Crippen molar-refractivity contribution >= 4 is 28.7 Å². The van der Waals surface area contributed by atoms with Crippen LogP contribution in [0.15, 0.2) is 54.6 Å². The third-order valence-corrected chi connectivity index (χ3v) is 5.28. The molecule has 3 amide bonds. The second kappa shape index (κ2) is 4.92. The number of para-hydroxylation sites is 1. The van der Waals surface area contributed by atoms with Gasteiger partial charge in [-0.1, -0.05) is 42.5 Å². The number of benzene rings is 2. The normalized spacial score (nSPS) is 25.4. The Hall–Kier alpha value is -3.15. The van der Waals surface area contributed by atoms with E-state index >= 15 is 0 Å². The molecule has 2 heterocycles. The lowest BCUT2D eigenvalue weighted by Gasteiger charge is -2.42. The van der Waals surface area contributed by atoms with Gasteiger partial charge in [0.2, 0.25) is 0 Å². The van der Waals surface area contributed by atoms with Crippen molar-refractivity contribution in [1.29, 1.82) is 0 Å². The first-order chi connectivity index (χ1) is 12.2. The number of urea groups is 1. The molecule has 0 bridgehead atoms. The molecular weight excluding hydrogens is 316 g/mol. The minimum absolute atomic E-state index is 0.207. The fourth-order valence-corrected chi connectivity index (χ4v) is 3.95. The maximum Gasteiger partial charge on any atom is 0.331 e. The van der Waals surface area contributed by atoms with Gasteiger partial charge in [-0.25, -0.2) is 9.69 Å². The molecule has 2 N–H and O–H groups in total. The average Bonchev–Trinajstić information content (AvgIpc) is 3.13. The number of hydrogen-bond donors (Lipinski definition) is 2. The minimum atomic E-state index is -0.794.